The lowest BCUT2D eigenvalue weighted by molar-refractivity contribution is 0.620. The van der Waals surface area contributed by atoms with Crippen molar-refractivity contribution in [2.45, 2.75) is 6.92 Å². The maximum atomic E-state index is 15.7. The van der Waals surface area contributed by atoms with Crippen molar-refractivity contribution in [2.24, 2.45) is 0 Å². The van der Waals surface area contributed by atoms with Crippen LogP contribution in [0.3, 0.4) is 0 Å². The Hall–Kier alpha value is -3.46. The van der Waals surface area contributed by atoms with E-state index >= 15 is 4.39 Å². The molecule has 5 aromatic rings. The topological polar surface area (TPSA) is 26.0 Å². The largest absolute Gasteiger partial charge is 0.454 e. The molecule has 3 heteroatoms. The van der Waals surface area contributed by atoms with E-state index in [1.807, 2.05) is 85.8 Å². The van der Waals surface area contributed by atoms with Crippen molar-refractivity contribution >= 4 is 22.1 Å². The number of fused-ring (bicyclic) bond motifs is 3. The quantitative estimate of drug-likeness (QED) is 0.350. The normalized spacial score (nSPS) is 11.3. The third-order valence-corrected chi connectivity index (χ3v) is 4.80. The molecule has 2 nitrogen and oxygen atoms in total. The lowest BCUT2D eigenvalue weighted by atomic mass is 9.99. The van der Waals surface area contributed by atoms with Gasteiger partial charge in [0.05, 0.1) is 5.56 Å². The maximum absolute atomic E-state index is 15.7. The van der Waals surface area contributed by atoms with Crippen LogP contribution in [-0.2, 0) is 0 Å². The molecule has 130 valence electrons. The Bertz CT molecular complexity index is 1290. The van der Waals surface area contributed by atoms with Crippen LogP contribution in [0.2, 0.25) is 0 Å². The first kappa shape index (κ1) is 15.8. The van der Waals surface area contributed by atoms with Gasteiger partial charge in [-0.3, -0.25) is 0 Å². The van der Waals surface area contributed by atoms with Gasteiger partial charge in [0.15, 0.2) is 11.4 Å². The molecule has 0 atom stereocenters. The van der Waals surface area contributed by atoms with Gasteiger partial charge in [-0.25, -0.2) is 9.37 Å². The Kier molecular flexibility index (Phi) is 3.54. The summed E-state index contributed by atoms with van der Waals surface area (Å²) >= 11 is 0. The molecule has 0 aliphatic rings. The van der Waals surface area contributed by atoms with Gasteiger partial charge in [-0.05, 0) is 24.6 Å². The number of hydrogen-bond donors (Lipinski definition) is 0. The summed E-state index contributed by atoms with van der Waals surface area (Å²) in [6, 6.07) is 24.9. The van der Waals surface area contributed by atoms with Crippen LogP contribution in [0.15, 0.2) is 83.3 Å². The molecule has 27 heavy (non-hydrogen) atoms. The molecule has 0 amide bonds. The molecular formula is C24H16FNO. The van der Waals surface area contributed by atoms with Crippen LogP contribution in [0.25, 0.3) is 44.5 Å². The van der Waals surface area contributed by atoms with Crippen molar-refractivity contribution in [2.75, 3.05) is 0 Å². The SMILES string of the molecule is Cc1cccc(-c2c(F)c(-c3ccccc3)nc3c2oc2ccccc23)c1. The van der Waals surface area contributed by atoms with Gasteiger partial charge in [-0.2, -0.15) is 0 Å². The van der Waals surface area contributed by atoms with Crippen molar-refractivity contribution in [3.63, 3.8) is 0 Å². The molecule has 0 aliphatic heterocycles. The maximum Gasteiger partial charge on any atom is 0.164 e. The number of furan rings is 1. The van der Waals surface area contributed by atoms with E-state index in [0.29, 0.717) is 27.9 Å². The van der Waals surface area contributed by atoms with E-state index in [2.05, 4.69) is 4.98 Å². The monoisotopic (exact) mass is 353 g/mol. The highest BCUT2D eigenvalue weighted by Crippen LogP contribution is 2.40. The van der Waals surface area contributed by atoms with Crippen molar-refractivity contribution in [3.8, 4) is 22.4 Å². The van der Waals surface area contributed by atoms with Gasteiger partial charge < -0.3 is 4.42 Å². The fourth-order valence-corrected chi connectivity index (χ4v) is 3.54. The molecule has 0 bridgehead atoms. The van der Waals surface area contributed by atoms with Crippen molar-refractivity contribution in [1.82, 2.24) is 4.98 Å². The molecule has 0 fully saturated rings. The first-order valence-corrected chi connectivity index (χ1v) is 8.85. The van der Waals surface area contributed by atoms with Gasteiger partial charge in [0.2, 0.25) is 0 Å². The lowest BCUT2D eigenvalue weighted by Gasteiger charge is -2.10. The van der Waals surface area contributed by atoms with Crippen LogP contribution in [0.5, 0.6) is 0 Å². The smallest absolute Gasteiger partial charge is 0.164 e. The number of aryl methyl sites for hydroxylation is 1. The van der Waals surface area contributed by atoms with E-state index in [4.69, 9.17) is 4.42 Å². The Balaban J connectivity index is 1.95. The van der Waals surface area contributed by atoms with Crippen molar-refractivity contribution < 1.29 is 8.81 Å². The van der Waals surface area contributed by atoms with E-state index < -0.39 is 0 Å². The number of nitrogens with zero attached hydrogens (tertiary/aromatic N) is 1. The average molecular weight is 353 g/mol. The highest BCUT2D eigenvalue weighted by molar-refractivity contribution is 6.08. The number of rotatable bonds is 2. The molecule has 2 heterocycles. The van der Waals surface area contributed by atoms with Crippen LogP contribution >= 0.6 is 0 Å². The summed E-state index contributed by atoms with van der Waals surface area (Å²) in [6.45, 7) is 2.00. The minimum absolute atomic E-state index is 0.339. The molecule has 0 saturated heterocycles. The zero-order valence-corrected chi connectivity index (χ0v) is 14.7. The number of pyridine rings is 1. The van der Waals surface area contributed by atoms with E-state index in [1.165, 1.54) is 0 Å². The molecule has 0 spiro atoms. The second-order valence-corrected chi connectivity index (χ2v) is 6.66. The Labute approximate surface area is 155 Å². The summed E-state index contributed by atoms with van der Waals surface area (Å²) in [6.07, 6.45) is 0. The number of halogens is 1. The van der Waals surface area contributed by atoms with Gasteiger partial charge in [0, 0.05) is 10.9 Å². The molecule has 0 aliphatic carbocycles. The van der Waals surface area contributed by atoms with E-state index in [1.54, 1.807) is 0 Å². The van der Waals surface area contributed by atoms with E-state index in [-0.39, 0.29) is 5.82 Å². The Morgan fingerprint density at radius 3 is 2.37 bits per heavy atom. The molecule has 3 aromatic carbocycles. The lowest BCUT2D eigenvalue weighted by Crippen LogP contribution is -1.95. The minimum atomic E-state index is -0.363. The average Bonchev–Trinajstić information content (AvgIpc) is 3.06. The first-order valence-electron chi connectivity index (χ1n) is 8.85. The molecule has 0 N–H and O–H groups in total. The molecule has 2 aromatic heterocycles. The Morgan fingerprint density at radius 1 is 0.815 bits per heavy atom. The van der Waals surface area contributed by atoms with Gasteiger partial charge in [-0.1, -0.05) is 72.3 Å². The van der Waals surface area contributed by atoms with Crippen LogP contribution < -0.4 is 0 Å². The molecular weight excluding hydrogens is 337 g/mol. The van der Waals surface area contributed by atoms with Crippen LogP contribution in [-0.4, -0.2) is 4.98 Å². The molecule has 5 rings (SSSR count). The van der Waals surface area contributed by atoms with Gasteiger partial charge in [-0.15, -0.1) is 0 Å². The summed E-state index contributed by atoms with van der Waals surface area (Å²) in [4.78, 5) is 4.67. The second-order valence-electron chi connectivity index (χ2n) is 6.66. The zero-order valence-electron chi connectivity index (χ0n) is 14.7. The fourth-order valence-electron chi connectivity index (χ4n) is 3.54. The fraction of sp³-hybridized carbons (Fsp3) is 0.0417. The summed E-state index contributed by atoms with van der Waals surface area (Å²) < 4.78 is 21.8. The van der Waals surface area contributed by atoms with Gasteiger partial charge >= 0.3 is 0 Å². The summed E-state index contributed by atoms with van der Waals surface area (Å²) in [5.74, 6) is -0.363. The Morgan fingerprint density at radius 2 is 1.56 bits per heavy atom. The predicted octanol–water partition coefficient (Wildman–Crippen LogP) is 6.76. The number of hydrogen-bond acceptors (Lipinski definition) is 2. The number of aromatic nitrogens is 1. The third kappa shape index (κ3) is 2.51. The summed E-state index contributed by atoms with van der Waals surface area (Å²) in [5.41, 5.74) is 5.27. The zero-order chi connectivity index (χ0) is 18.4. The molecule has 0 unspecified atom stereocenters. The first-order chi connectivity index (χ1) is 13.2. The molecule has 0 radical (unpaired) electrons. The minimum Gasteiger partial charge on any atom is -0.454 e. The highest BCUT2D eigenvalue weighted by atomic mass is 19.1. The number of para-hydroxylation sites is 1. The third-order valence-electron chi connectivity index (χ3n) is 4.80. The van der Waals surface area contributed by atoms with Crippen LogP contribution in [0.4, 0.5) is 4.39 Å². The van der Waals surface area contributed by atoms with Gasteiger partial charge in [0.1, 0.15) is 16.8 Å². The van der Waals surface area contributed by atoms with Crippen LogP contribution in [0, 0.1) is 12.7 Å². The van der Waals surface area contributed by atoms with Crippen molar-refractivity contribution in [3.05, 3.63) is 90.2 Å². The van der Waals surface area contributed by atoms with Gasteiger partial charge in [0.25, 0.3) is 0 Å². The highest BCUT2D eigenvalue weighted by Gasteiger charge is 2.22. The molecule has 0 saturated carbocycles. The predicted molar refractivity (Wildman–Crippen MR) is 107 cm³/mol. The van der Waals surface area contributed by atoms with Crippen molar-refractivity contribution in [1.29, 1.82) is 0 Å². The summed E-state index contributed by atoms with van der Waals surface area (Å²) in [5, 5.41) is 0.888. The second kappa shape index (κ2) is 6.06. The standard InChI is InChI=1S/C24H16FNO/c1-15-8-7-11-17(14-15)20-21(25)22(16-9-3-2-4-10-16)26-23-18-12-5-6-13-19(18)27-24(20)23/h2-14H,1H3. The number of benzene rings is 3. The van der Waals surface area contributed by atoms with E-state index in [9.17, 15) is 0 Å². The summed E-state index contributed by atoms with van der Waals surface area (Å²) in [7, 11) is 0. The van der Waals surface area contributed by atoms with E-state index in [0.717, 1.165) is 22.1 Å². The van der Waals surface area contributed by atoms with Crippen LogP contribution in [0.1, 0.15) is 5.56 Å².